The van der Waals surface area contributed by atoms with Crippen LogP contribution in [0, 0.1) is 6.92 Å². The van der Waals surface area contributed by atoms with Gasteiger partial charge in [-0.2, -0.15) is 0 Å². The highest BCUT2D eigenvalue weighted by Crippen LogP contribution is 2.26. The van der Waals surface area contributed by atoms with Gasteiger partial charge in [0.2, 0.25) is 0 Å². The van der Waals surface area contributed by atoms with Crippen LogP contribution in [0.25, 0.3) is 0 Å². The number of hydrogen-bond acceptors (Lipinski definition) is 4. The summed E-state index contributed by atoms with van der Waals surface area (Å²) in [5.41, 5.74) is 13.5. The molecular formula is C14H14N2O2. The van der Waals surface area contributed by atoms with Gasteiger partial charge in [-0.05, 0) is 36.8 Å². The van der Waals surface area contributed by atoms with E-state index in [-0.39, 0.29) is 17.1 Å². The number of nitrogens with two attached hydrogens (primary N) is 2. The maximum atomic E-state index is 12.3. The summed E-state index contributed by atoms with van der Waals surface area (Å²) in [4.78, 5) is 12.3. The molecule has 0 aliphatic carbocycles. The van der Waals surface area contributed by atoms with Crippen LogP contribution in [-0.4, -0.2) is 10.9 Å². The second-order valence-electron chi connectivity index (χ2n) is 4.14. The molecule has 0 aromatic heterocycles. The Bertz CT molecular complexity index is 601. The zero-order valence-electron chi connectivity index (χ0n) is 9.97. The number of benzene rings is 2. The second kappa shape index (κ2) is 4.41. The Labute approximate surface area is 105 Å². The van der Waals surface area contributed by atoms with Gasteiger partial charge in [0.25, 0.3) is 0 Å². The Kier molecular flexibility index (Phi) is 2.93. The van der Waals surface area contributed by atoms with E-state index in [1.54, 1.807) is 31.2 Å². The maximum Gasteiger partial charge on any atom is 0.199 e. The van der Waals surface area contributed by atoms with E-state index < -0.39 is 0 Å². The summed E-state index contributed by atoms with van der Waals surface area (Å²) in [5, 5.41) is 9.78. The molecule has 5 N–H and O–H groups in total. The average molecular weight is 242 g/mol. The predicted octanol–water partition coefficient (Wildman–Crippen LogP) is 2.10. The molecule has 0 spiro atoms. The van der Waals surface area contributed by atoms with Crippen molar-refractivity contribution in [3.63, 3.8) is 0 Å². The van der Waals surface area contributed by atoms with E-state index in [1.807, 2.05) is 0 Å². The SMILES string of the molecule is Cc1cccc(O)c1C(=O)c1ccc(N)cc1N. The third kappa shape index (κ3) is 2.00. The van der Waals surface area contributed by atoms with Crippen molar-refractivity contribution in [3.8, 4) is 5.75 Å². The highest BCUT2D eigenvalue weighted by atomic mass is 16.3. The Hall–Kier alpha value is -2.49. The van der Waals surface area contributed by atoms with Crippen molar-refractivity contribution < 1.29 is 9.90 Å². The summed E-state index contributed by atoms with van der Waals surface area (Å²) < 4.78 is 0. The van der Waals surface area contributed by atoms with Gasteiger partial charge in [-0.3, -0.25) is 4.79 Å². The number of hydrogen-bond donors (Lipinski definition) is 3. The van der Waals surface area contributed by atoms with Gasteiger partial charge in [-0.1, -0.05) is 12.1 Å². The number of aromatic hydroxyl groups is 1. The smallest absolute Gasteiger partial charge is 0.199 e. The van der Waals surface area contributed by atoms with Gasteiger partial charge in [0.05, 0.1) is 5.56 Å². The van der Waals surface area contributed by atoms with Crippen molar-refractivity contribution >= 4 is 17.2 Å². The predicted molar refractivity (Wildman–Crippen MR) is 71.5 cm³/mol. The van der Waals surface area contributed by atoms with E-state index >= 15 is 0 Å². The average Bonchev–Trinajstić information content (AvgIpc) is 2.28. The number of nitrogen functional groups attached to an aromatic ring is 2. The monoisotopic (exact) mass is 242 g/mol. The van der Waals surface area contributed by atoms with E-state index in [2.05, 4.69) is 0 Å². The summed E-state index contributed by atoms with van der Waals surface area (Å²) in [5.74, 6) is -0.348. The number of ketones is 1. The molecule has 0 bridgehead atoms. The van der Waals surface area contributed by atoms with Crippen LogP contribution in [0.2, 0.25) is 0 Å². The minimum absolute atomic E-state index is 0.0452. The lowest BCUT2D eigenvalue weighted by molar-refractivity contribution is 0.103. The molecule has 2 rings (SSSR count). The molecule has 92 valence electrons. The van der Waals surface area contributed by atoms with E-state index in [0.717, 1.165) is 0 Å². The molecule has 0 atom stereocenters. The summed E-state index contributed by atoms with van der Waals surface area (Å²) in [7, 11) is 0. The number of rotatable bonds is 2. The van der Waals surface area contributed by atoms with E-state index in [4.69, 9.17) is 11.5 Å². The molecule has 0 aliphatic heterocycles. The summed E-state index contributed by atoms with van der Waals surface area (Å²) in [6.07, 6.45) is 0. The highest BCUT2D eigenvalue weighted by molar-refractivity contribution is 6.14. The molecule has 0 heterocycles. The normalized spacial score (nSPS) is 10.3. The Morgan fingerprint density at radius 3 is 2.50 bits per heavy atom. The molecule has 4 heteroatoms. The molecule has 4 nitrogen and oxygen atoms in total. The van der Waals surface area contributed by atoms with Crippen molar-refractivity contribution in [1.82, 2.24) is 0 Å². The largest absolute Gasteiger partial charge is 0.507 e. The van der Waals surface area contributed by atoms with Gasteiger partial charge < -0.3 is 16.6 Å². The third-order valence-electron chi connectivity index (χ3n) is 2.80. The third-order valence-corrected chi connectivity index (χ3v) is 2.80. The molecule has 0 radical (unpaired) electrons. The van der Waals surface area contributed by atoms with Crippen LogP contribution in [-0.2, 0) is 0 Å². The highest BCUT2D eigenvalue weighted by Gasteiger charge is 2.18. The molecule has 2 aromatic rings. The van der Waals surface area contributed by atoms with Crippen LogP contribution in [0.3, 0.4) is 0 Å². The van der Waals surface area contributed by atoms with Crippen LogP contribution in [0.1, 0.15) is 21.5 Å². The lowest BCUT2D eigenvalue weighted by Gasteiger charge is -2.09. The van der Waals surface area contributed by atoms with Crippen LogP contribution in [0.5, 0.6) is 5.75 Å². The van der Waals surface area contributed by atoms with Crippen molar-refractivity contribution in [2.24, 2.45) is 0 Å². The maximum absolute atomic E-state index is 12.3. The van der Waals surface area contributed by atoms with Gasteiger partial charge in [0, 0.05) is 16.9 Å². The molecule has 0 saturated carbocycles. The second-order valence-corrected chi connectivity index (χ2v) is 4.14. The zero-order chi connectivity index (χ0) is 13.3. The van der Waals surface area contributed by atoms with Crippen LogP contribution >= 0.6 is 0 Å². The fraction of sp³-hybridized carbons (Fsp3) is 0.0714. The molecule has 0 aliphatic rings. The van der Waals surface area contributed by atoms with Gasteiger partial charge in [-0.25, -0.2) is 0 Å². The Morgan fingerprint density at radius 2 is 1.89 bits per heavy atom. The summed E-state index contributed by atoms with van der Waals surface area (Å²) in [6.45, 7) is 1.76. The number of anilines is 2. The number of carbonyl (C=O) groups excluding carboxylic acids is 1. The summed E-state index contributed by atoms with van der Waals surface area (Å²) >= 11 is 0. The molecule has 0 saturated heterocycles. The van der Waals surface area contributed by atoms with Crippen molar-refractivity contribution in [2.75, 3.05) is 11.5 Å². The molecule has 18 heavy (non-hydrogen) atoms. The van der Waals surface area contributed by atoms with Gasteiger partial charge in [0.1, 0.15) is 5.75 Å². The van der Waals surface area contributed by atoms with Crippen LogP contribution in [0.4, 0.5) is 11.4 Å². The van der Waals surface area contributed by atoms with Gasteiger partial charge >= 0.3 is 0 Å². The molecule has 0 fully saturated rings. The number of phenols is 1. The first kappa shape index (κ1) is 12.0. The van der Waals surface area contributed by atoms with Crippen LogP contribution < -0.4 is 11.5 Å². The van der Waals surface area contributed by atoms with Gasteiger partial charge in [-0.15, -0.1) is 0 Å². The zero-order valence-corrected chi connectivity index (χ0v) is 9.97. The summed E-state index contributed by atoms with van der Waals surface area (Å²) in [6, 6.07) is 9.64. The first-order valence-corrected chi connectivity index (χ1v) is 5.49. The van der Waals surface area contributed by atoms with E-state index in [9.17, 15) is 9.90 Å². The minimum atomic E-state index is -0.303. The minimum Gasteiger partial charge on any atom is -0.507 e. The van der Waals surface area contributed by atoms with E-state index in [1.165, 1.54) is 12.1 Å². The Balaban J connectivity index is 2.55. The number of aryl methyl sites for hydroxylation is 1. The standard InChI is InChI=1S/C14H14N2O2/c1-8-3-2-4-12(17)13(8)14(18)10-6-5-9(15)7-11(10)16/h2-7,17H,15-16H2,1H3. The van der Waals surface area contributed by atoms with Crippen LogP contribution in [0.15, 0.2) is 36.4 Å². The van der Waals surface area contributed by atoms with E-state index in [0.29, 0.717) is 22.5 Å². The lowest BCUT2D eigenvalue weighted by Crippen LogP contribution is -2.08. The molecule has 0 unspecified atom stereocenters. The van der Waals surface area contributed by atoms with Crippen molar-refractivity contribution in [3.05, 3.63) is 53.1 Å². The van der Waals surface area contributed by atoms with Crippen molar-refractivity contribution in [1.29, 1.82) is 0 Å². The Morgan fingerprint density at radius 1 is 1.17 bits per heavy atom. The first-order chi connectivity index (χ1) is 8.50. The lowest BCUT2D eigenvalue weighted by atomic mass is 9.97. The number of phenolic OH excluding ortho intramolecular Hbond substituents is 1. The fourth-order valence-corrected chi connectivity index (χ4v) is 1.87. The molecule has 0 amide bonds. The topological polar surface area (TPSA) is 89.3 Å². The number of carbonyl (C=O) groups is 1. The molecule has 2 aromatic carbocycles. The molecular weight excluding hydrogens is 228 g/mol. The quantitative estimate of drug-likeness (QED) is 0.555. The fourth-order valence-electron chi connectivity index (χ4n) is 1.87. The van der Waals surface area contributed by atoms with Gasteiger partial charge in [0.15, 0.2) is 5.78 Å². The first-order valence-electron chi connectivity index (χ1n) is 5.49. The van der Waals surface area contributed by atoms with Crippen molar-refractivity contribution in [2.45, 2.75) is 6.92 Å².